The van der Waals surface area contributed by atoms with Crippen LogP contribution >= 0.6 is 11.3 Å². The number of ether oxygens (including phenoxy) is 2. The van der Waals surface area contributed by atoms with E-state index in [0.717, 1.165) is 23.5 Å². The van der Waals surface area contributed by atoms with Gasteiger partial charge >= 0.3 is 6.18 Å². The lowest BCUT2D eigenvalue weighted by Gasteiger charge is -2.37. The molecule has 6 nitrogen and oxygen atoms in total. The Balaban J connectivity index is 1.65. The fourth-order valence-electron chi connectivity index (χ4n) is 3.39. The van der Waals surface area contributed by atoms with Gasteiger partial charge in [-0.15, -0.1) is 11.3 Å². The molecule has 1 aromatic heterocycles. The van der Waals surface area contributed by atoms with Gasteiger partial charge in [0, 0.05) is 29.6 Å². The van der Waals surface area contributed by atoms with Gasteiger partial charge in [-0.1, -0.05) is 12.1 Å². The summed E-state index contributed by atoms with van der Waals surface area (Å²) in [5, 5.41) is 1.88. The van der Waals surface area contributed by atoms with Crippen molar-refractivity contribution in [2.45, 2.75) is 43.0 Å². The number of nitrogens with one attached hydrogen (secondary N) is 1. The third kappa shape index (κ3) is 4.83. The Bertz CT molecular complexity index is 1230. The molecule has 1 aliphatic heterocycles. The highest BCUT2D eigenvalue weighted by atomic mass is 32.2. The zero-order valence-electron chi connectivity index (χ0n) is 17.0. The molecule has 32 heavy (non-hydrogen) atoms. The minimum Gasteiger partial charge on any atom is -0.487 e. The Morgan fingerprint density at radius 3 is 2.69 bits per heavy atom. The van der Waals surface area contributed by atoms with E-state index in [2.05, 4.69) is 9.71 Å². The second-order valence-corrected chi connectivity index (χ2v) is 10.4. The highest BCUT2D eigenvalue weighted by Gasteiger charge is 2.37. The second kappa shape index (κ2) is 7.96. The standard InChI is InChI=1S/C21H19F3N2O4S2/c1-20(2)12-18(29-14-5-3-4-13(10-14)21(22,23)24)16-7-6-15(11-17(16)30-20)32(27,28)26-19-25-8-9-31-19/h3-11,18H,12H2,1-2H3,(H,25,26)/t18-/m1/s1. The number of fused-ring (bicyclic) bond motifs is 1. The molecule has 0 unspecified atom stereocenters. The van der Waals surface area contributed by atoms with Crippen LogP contribution in [0.25, 0.3) is 0 Å². The Kier molecular flexibility index (Phi) is 5.58. The van der Waals surface area contributed by atoms with Gasteiger partial charge in [0.05, 0.1) is 10.5 Å². The molecule has 0 aliphatic carbocycles. The molecule has 0 fully saturated rings. The first-order valence-corrected chi connectivity index (χ1v) is 11.9. The molecule has 0 radical (unpaired) electrons. The van der Waals surface area contributed by atoms with Crippen LogP contribution in [0.5, 0.6) is 11.5 Å². The molecule has 11 heteroatoms. The number of hydrogen-bond donors (Lipinski definition) is 1. The zero-order valence-corrected chi connectivity index (χ0v) is 18.6. The molecular formula is C21H19F3N2O4S2. The molecule has 1 N–H and O–H groups in total. The van der Waals surface area contributed by atoms with Gasteiger partial charge in [0.15, 0.2) is 5.13 Å². The molecule has 2 aromatic carbocycles. The minimum atomic E-state index is -4.49. The highest BCUT2D eigenvalue weighted by Crippen LogP contribution is 2.43. The van der Waals surface area contributed by atoms with Crippen molar-refractivity contribution >= 4 is 26.5 Å². The monoisotopic (exact) mass is 484 g/mol. The van der Waals surface area contributed by atoms with Crippen molar-refractivity contribution < 1.29 is 31.1 Å². The topological polar surface area (TPSA) is 77.5 Å². The van der Waals surface area contributed by atoms with Crippen molar-refractivity contribution in [1.82, 2.24) is 4.98 Å². The molecule has 0 amide bonds. The van der Waals surface area contributed by atoms with E-state index in [1.807, 2.05) is 0 Å². The number of sulfonamides is 1. The van der Waals surface area contributed by atoms with Crippen LogP contribution in [0, 0.1) is 0 Å². The van der Waals surface area contributed by atoms with Crippen LogP contribution in [0.2, 0.25) is 0 Å². The van der Waals surface area contributed by atoms with Crippen LogP contribution in [0.1, 0.15) is 37.5 Å². The van der Waals surface area contributed by atoms with Crippen LogP contribution in [0.4, 0.5) is 18.3 Å². The lowest BCUT2D eigenvalue weighted by atomic mass is 9.91. The predicted molar refractivity (Wildman–Crippen MR) is 114 cm³/mol. The van der Waals surface area contributed by atoms with Crippen molar-refractivity contribution in [3.63, 3.8) is 0 Å². The van der Waals surface area contributed by atoms with E-state index in [1.54, 1.807) is 25.3 Å². The molecule has 1 aliphatic rings. The highest BCUT2D eigenvalue weighted by molar-refractivity contribution is 7.93. The van der Waals surface area contributed by atoms with E-state index >= 15 is 0 Å². The lowest BCUT2D eigenvalue weighted by Crippen LogP contribution is -2.36. The number of thiazole rings is 1. The first kappa shape index (κ1) is 22.4. The van der Waals surface area contributed by atoms with Crippen molar-refractivity contribution in [1.29, 1.82) is 0 Å². The predicted octanol–water partition coefficient (Wildman–Crippen LogP) is 5.64. The molecule has 0 spiro atoms. The summed E-state index contributed by atoms with van der Waals surface area (Å²) in [6, 6.07) is 8.99. The Morgan fingerprint density at radius 2 is 2.00 bits per heavy atom. The van der Waals surface area contributed by atoms with Gasteiger partial charge in [-0.05, 0) is 38.1 Å². The van der Waals surface area contributed by atoms with Crippen LogP contribution < -0.4 is 14.2 Å². The van der Waals surface area contributed by atoms with Gasteiger partial charge in [0.25, 0.3) is 10.0 Å². The molecule has 4 rings (SSSR count). The molecule has 2 heterocycles. The molecule has 0 saturated carbocycles. The average Bonchev–Trinajstić information content (AvgIpc) is 3.18. The summed E-state index contributed by atoms with van der Waals surface area (Å²) in [5.41, 5.74) is -0.990. The van der Waals surface area contributed by atoms with Crippen LogP contribution in [0.3, 0.4) is 0 Å². The van der Waals surface area contributed by atoms with E-state index in [1.165, 1.54) is 30.5 Å². The molecule has 3 aromatic rings. The SMILES string of the molecule is CC1(C)C[C@@H](Oc2cccc(C(F)(F)F)c2)c2ccc(S(=O)(=O)Nc3nccs3)cc2O1. The van der Waals surface area contributed by atoms with Gasteiger partial charge in [-0.25, -0.2) is 13.4 Å². The first-order valence-electron chi connectivity index (χ1n) is 9.52. The molecule has 1 atom stereocenters. The third-order valence-corrected chi connectivity index (χ3v) is 6.95. The van der Waals surface area contributed by atoms with E-state index < -0.39 is 33.5 Å². The number of rotatable bonds is 5. The quantitative estimate of drug-likeness (QED) is 0.507. The Morgan fingerprint density at radius 1 is 1.22 bits per heavy atom. The van der Waals surface area contributed by atoms with E-state index in [9.17, 15) is 21.6 Å². The maximum absolute atomic E-state index is 13.1. The van der Waals surface area contributed by atoms with Gasteiger partial charge in [0.2, 0.25) is 0 Å². The maximum Gasteiger partial charge on any atom is 0.416 e. The first-order chi connectivity index (χ1) is 14.9. The molecular weight excluding hydrogens is 465 g/mol. The van der Waals surface area contributed by atoms with Gasteiger partial charge in [-0.2, -0.15) is 13.2 Å². The summed E-state index contributed by atoms with van der Waals surface area (Å²) in [6.07, 6.45) is -3.27. The number of alkyl halides is 3. The van der Waals surface area contributed by atoms with Crippen molar-refractivity contribution in [2.24, 2.45) is 0 Å². The van der Waals surface area contributed by atoms with Crippen LogP contribution in [-0.4, -0.2) is 19.0 Å². The number of aromatic nitrogens is 1. The number of benzene rings is 2. The molecule has 170 valence electrons. The largest absolute Gasteiger partial charge is 0.487 e. The number of hydrogen-bond acceptors (Lipinski definition) is 6. The lowest BCUT2D eigenvalue weighted by molar-refractivity contribution is -0.137. The second-order valence-electron chi connectivity index (χ2n) is 7.84. The van der Waals surface area contributed by atoms with Gasteiger partial charge < -0.3 is 9.47 Å². The Labute approximate surface area is 187 Å². The zero-order chi connectivity index (χ0) is 23.1. The van der Waals surface area contributed by atoms with Crippen LogP contribution in [-0.2, 0) is 16.2 Å². The van der Waals surface area contributed by atoms with E-state index in [0.29, 0.717) is 17.7 Å². The van der Waals surface area contributed by atoms with E-state index in [4.69, 9.17) is 9.47 Å². The fourth-order valence-corrected chi connectivity index (χ4v) is 5.20. The minimum absolute atomic E-state index is 0.0260. The third-order valence-electron chi connectivity index (χ3n) is 4.80. The Hall–Kier alpha value is -2.79. The number of halogens is 3. The normalized spacial score (nSPS) is 17.8. The summed E-state index contributed by atoms with van der Waals surface area (Å²) >= 11 is 1.14. The summed E-state index contributed by atoms with van der Waals surface area (Å²) in [4.78, 5) is 3.89. The fraction of sp³-hybridized carbons (Fsp3) is 0.286. The summed E-state index contributed by atoms with van der Waals surface area (Å²) in [6.45, 7) is 3.60. The maximum atomic E-state index is 13.1. The van der Waals surface area contributed by atoms with Gasteiger partial charge in [0.1, 0.15) is 23.2 Å². The number of anilines is 1. The summed E-state index contributed by atoms with van der Waals surface area (Å²) < 4.78 is 78.9. The average molecular weight is 485 g/mol. The van der Waals surface area contributed by atoms with E-state index in [-0.39, 0.29) is 15.8 Å². The smallest absolute Gasteiger partial charge is 0.416 e. The summed E-state index contributed by atoms with van der Waals surface area (Å²) in [7, 11) is -3.90. The van der Waals surface area contributed by atoms with Crippen molar-refractivity contribution in [3.05, 3.63) is 65.2 Å². The molecule has 0 saturated heterocycles. The summed E-state index contributed by atoms with van der Waals surface area (Å²) in [5.74, 6) is 0.357. The van der Waals surface area contributed by atoms with Crippen molar-refractivity contribution in [3.8, 4) is 11.5 Å². The molecule has 0 bridgehead atoms. The number of nitrogens with zero attached hydrogens (tertiary/aromatic N) is 1. The van der Waals surface area contributed by atoms with Crippen molar-refractivity contribution in [2.75, 3.05) is 4.72 Å². The van der Waals surface area contributed by atoms with Crippen LogP contribution in [0.15, 0.2) is 58.9 Å². The van der Waals surface area contributed by atoms with Gasteiger partial charge in [-0.3, -0.25) is 4.72 Å².